The first-order valence-electron chi connectivity index (χ1n) is 7.86. The van der Waals surface area contributed by atoms with Crippen LogP contribution in [0.5, 0.6) is 0 Å². The first kappa shape index (κ1) is 15.5. The van der Waals surface area contributed by atoms with Crippen molar-refractivity contribution in [3.8, 4) is 0 Å². The average Bonchev–Trinajstić information content (AvgIpc) is 3.34. The Bertz CT molecular complexity index is 918. The van der Waals surface area contributed by atoms with Gasteiger partial charge in [-0.2, -0.15) is 0 Å². The summed E-state index contributed by atoms with van der Waals surface area (Å²) in [6.45, 7) is 0. The molecule has 0 aromatic heterocycles. The Labute approximate surface area is 150 Å². The van der Waals surface area contributed by atoms with Crippen LogP contribution in [-0.2, 0) is 4.79 Å². The third kappa shape index (κ3) is 3.12. The molecule has 0 heterocycles. The highest BCUT2D eigenvalue weighted by Crippen LogP contribution is 2.49. The van der Waals surface area contributed by atoms with Crippen molar-refractivity contribution < 1.29 is 4.79 Å². The number of benzene rings is 3. The lowest BCUT2D eigenvalue weighted by atomic mass is 10.1. The van der Waals surface area contributed by atoms with Crippen molar-refractivity contribution in [2.24, 2.45) is 5.92 Å². The van der Waals surface area contributed by atoms with Crippen LogP contribution in [0.15, 0.2) is 60.7 Å². The van der Waals surface area contributed by atoms with Crippen LogP contribution in [0, 0.1) is 5.92 Å². The highest BCUT2D eigenvalue weighted by molar-refractivity contribution is 6.34. The van der Waals surface area contributed by atoms with E-state index in [2.05, 4.69) is 11.4 Å². The number of carbonyl (C=O) groups is 1. The summed E-state index contributed by atoms with van der Waals surface area (Å²) < 4.78 is 0. The number of rotatable bonds is 3. The molecule has 0 spiro atoms. The molecular weight excluding hydrogens is 341 g/mol. The number of amides is 1. The quantitative estimate of drug-likeness (QED) is 0.623. The molecule has 3 aromatic rings. The van der Waals surface area contributed by atoms with Gasteiger partial charge in [0, 0.05) is 21.7 Å². The second-order valence-electron chi connectivity index (χ2n) is 6.20. The summed E-state index contributed by atoms with van der Waals surface area (Å²) in [5, 5.41) is 6.51. The molecule has 0 saturated heterocycles. The first-order valence-corrected chi connectivity index (χ1v) is 8.61. The Morgan fingerprint density at radius 1 is 0.917 bits per heavy atom. The van der Waals surface area contributed by atoms with E-state index in [0.29, 0.717) is 10.0 Å². The van der Waals surface area contributed by atoms with Crippen LogP contribution in [-0.4, -0.2) is 5.91 Å². The molecule has 0 aliphatic heterocycles. The van der Waals surface area contributed by atoms with Gasteiger partial charge < -0.3 is 5.32 Å². The topological polar surface area (TPSA) is 29.1 Å². The molecule has 1 amide bonds. The van der Waals surface area contributed by atoms with E-state index in [1.54, 1.807) is 6.07 Å². The van der Waals surface area contributed by atoms with Gasteiger partial charge in [-0.1, -0.05) is 53.5 Å². The molecule has 24 heavy (non-hydrogen) atoms. The number of halogens is 2. The highest BCUT2D eigenvalue weighted by atomic mass is 35.5. The predicted octanol–water partition coefficient (Wildman–Crippen LogP) is 5.89. The lowest BCUT2D eigenvalue weighted by Gasteiger charge is -2.07. The number of hydrogen-bond acceptors (Lipinski definition) is 1. The molecule has 1 saturated carbocycles. The Kier molecular flexibility index (Phi) is 3.95. The number of anilines is 1. The van der Waals surface area contributed by atoms with E-state index in [9.17, 15) is 4.79 Å². The molecule has 1 aliphatic rings. The van der Waals surface area contributed by atoms with E-state index in [4.69, 9.17) is 23.2 Å². The van der Waals surface area contributed by atoms with Crippen molar-refractivity contribution in [2.45, 2.75) is 12.3 Å². The highest BCUT2D eigenvalue weighted by Gasteiger charge is 2.44. The molecule has 2 nitrogen and oxygen atoms in total. The predicted molar refractivity (Wildman–Crippen MR) is 99.9 cm³/mol. The van der Waals surface area contributed by atoms with Gasteiger partial charge in [-0.3, -0.25) is 4.79 Å². The minimum absolute atomic E-state index is 0.0222. The van der Waals surface area contributed by atoms with Gasteiger partial charge in [-0.25, -0.2) is 0 Å². The summed E-state index contributed by atoms with van der Waals surface area (Å²) in [5.41, 5.74) is 1.86. The van der Waals surface area contributed by atoms with Crippen LogP contribution in [0.3, 0.4) is 0 Å². The third-order valence-electron chi connectivity index (χ3n) is 4.46. The van der Waals surface area contributed by atoms with Gasteiger partial charge in [0.05, 0.1) is 0 Å². The fourth-order valence-corrected chi connectivity index (χ4v) is 3.69. The monoisotopic (exact) mass is 355 g/mol. The van der Waals surface area contributed by atoms with Crippen LogP contribution in [0.1, 0.15) is 17.9 Å². The molecular formula is C20H15Cl2NO. The number of hydrogen-bond donors (Lipinski definition) is 1. The number of carbonyl (C=O) groups excluding carboxylic acids is 1. The van der Waals surface area contributed by atoms with E-state index in [1.807, 2.05) is 48.5 Å². The zero-order valence-electron chi connectivity index (χ0n) is 12.8. The Morgan fingerprint density at radius 3 is 2.38 bits per heavy atom. The average molecular weight is 356 g/mol. The molecule has 2 atom stereocenters. The van der Waals surface area contributed by atoms with Gasteiger partial charge in [-0.05, 0) is 59.0 Å². The van der Waals surface area contributed by atoms with Crippen molar-refractivity contribution in [1.82, 2.24) is 0 Å². The number of fused-ring (bicyclic) bond motifs is 1. The molecule has 4 rings (SSSR count). The van der Waals surface area contributed by atoms with Crippen LogP contribution in [0.25, 0.3) is 10.8 Å². The maximum absolute atomic E-state index is 12.5. The first-order chi connectivity index (χ1) is 11.6. The van der Waals surface area contributed by atoms with E-state index >= 15 is 0 Å². The van der Waals surface area contributed by atoms with E-state index < -0.39 is 0 Å². The molecule has 4 heteroatoms. The summed E-state index contributed by atoms with van der Waals surface area (Å²) in [4.78, 5) is 12.5. The normalized spacial score (nSPS) is 19.2. The minimum atomic E-state index is -0.0222. The SMILES string of the molecule is O=C(Nc1ccc2ccccc2c1)[C@@H]1C[C@H]1c1cc(Cl)cc(Cl)c1. The third-order valence-corrected chi connectivity index (χ3v) is 4.89. The molecule has 1 aliphatic carbocycles. The second kappa shape index (κ2) is 6.12. The van der Waals surface area contributed by atoms with Crippen molar-refractivity contribution >= 4 is 45.6 Å². The Balaban J connectivity index is 1.48. The second-order valence-corrected chi connectivity index (χ2v) is 7.08. The standard InChI is InChI=1S/C20H15Cl2NO/c21-15-7-14(8-16(22)10-15)18-11-19(18)20(24)23-17-6-5-12-3-1-2-4-13(12)9-17/h1-10,18-19H,11H2,(H,23,24)/t18-,19+/m0/s1. The van der Waals surface area contributed by atoms with E-state index in [0.717, 1.165) is 28.4 Å². The van der Waals surface area contributed by atoms with Crippen LogP contribution < -0.4 is 5.32 Å². The van der Waals surface area contributed by atoms with Crippen molar-refractivity contribution in [3.05, 3.63) is 76.3 Å². The smallest absolute Gasteiger partial charge is 0.228 e. The molecule has 1 N–H and O–H groups in total. The summed E-state index contributed by atoms with van der Waals surface area (Å²) in [5.74, 6) is 0.221. The van der Waals surface area contributed by atoms with Crippen molar-refractivity contribution in [3.63, 3.8) is 0 Å². The summed E-state index contributed by atoms with van der Waals surface area (Å²) in [6, 6.07) is 19.5. The maximum atomic E-state index is 12.5. The fraction of sp³-hybridized carbons (Fsp3) is 0.150. The molecule has 0 bridgehead atoms. The summed E-state index contributed by atoms with van der Waals surface area (Å²) in [6.07, 6.45) is 0.829. The Morgan fingerprint density at radius 2 is 1.62 bits per heavy atom. The lowest BCUT2D eigenvalue weighted by Crippen LogP contribution is -2.14. The van der Waals surface area contributed by atoms with Gasteiger partial charge in [0.2, 0.25) is 5.91 Å². The van der Waals surface area contributed by atoms with Gasteiger partial charge in [-0.15, -0.1) is 0 Å². The Hall–Kier alpha value is -2.03. The zero-order chi connectivity index (χ0) is 16.7. The molecule has 1 fully saturated rings. The van der Waals surface area contributed by atoms with Crippen LogP contribution in [0.2, 0.25) is 10.0 Å². The summed E-state index contributed by atoms with van der Waals surface area (Å²) in [7, 11) is 0. The van der Waals surface area contributed by atoms with Gasteiger partial charge >= 0.3 is 0 Å². The van der Waals surface area contributed by atoms with Crippen LogP contribution >= 0.6 is 23.2 Å². The van der Waals surface area contributed by atoms with Crippen molar-refractivity contribution in [2.75, 3.05) is 5.32 Å². The summed E-state index contributed by atoms with van der Waals surface area (Å²) >= 11 is 12.1. The minimum Gasteiger partial charge on any atom is -0.326 e. The molecule has 0 radical (unpaired) electrons. The molecule has 3 aromatic carbocycles. The largest absolute Gasteiger partial charge is 0.326 e. The van der Waals surface area contributed by atoms with E-state index in [-0.39, 0.29) is 17.7 Å². The maximum Gasteiger partial charge on any atom is 0.228 e. The van der Waals surface area contributed by atoms with Gasteiger partial charge in [0.1, 0.15) is 0 Å². The van der Waals surface area contributed by atoms with E-state index in [1.165, 1.54) is 0 Å². The fourth-order valence-electron chi connectivity index (χ4n) is 3.14. The molecule has 0 unspecified atom stereocenters. The van der Waals surface area contributed by atoms with Crippen molar-refractivity contribution in [1.29, 1.82) is 0 Å². The zero-order valence-corrected chi connectivity index (χ0v) is 14.3. The number of nitrogens with one attached hydrogen (secondary N) is 1. The van der Waals surface area contributed by atoms with Gasteiger partial charge in [0.15, 0.2) is 0 Å². The molecule has 120 valence electrons. The lowest BCUT2D eigenvalue weighted by molar-refractivity contribution is -0.117. The van der Waals surface area contributed by atoms with Gasteiger partial charge in [0.25, 0.3) is 0 Å². The van der Waals surface area contributed by atoms with Crippen LogP contribution in [0.4, 0.5) is 5.69 Å².